The summed E-state index contributed by atoms with van der Waals surface area (Å²) in [4.78, 5) is 0. The van der Waals surface area contributed by atoms with Crippen LogP contribution in [0.25, 0.3) is 0 Å². The van der Waals surface area contributed by atoms with E-state index in [4.69, 9.17) is 15.3 Å². The molecule has 0 spiro atoms. The van der Waals surface area contributed by atoms with E-state index >= 15 is 0 Å². The molecule has 1 aliphatic rings. The first-order valence-electron chi connectivity index (χ1n) is 6.56. The second-order valence-electron chi connectivity index (χ2n) is 5.04. The van der Waals surface area contributed by atoms with Crippen molar-refractivity contribution >= 4 is 15.9 Å². The van der Waals surface area contributed by atoms with Crippen molar-refractivity contribution < 1.29 is 9.47 Å². The van der Waals surface area contributed by atoms with Crippen LogP contribution in [0.5, 0.6) is 5.75 Å². The molecule has 2 rings (SSSR count). The zero-order valence-corrected chi connectivity index (χ0v) is 12.9. The van der Waals surface area contributed by atoms with Gasteiger partial charge in [-0.2, -0.15) is 0 Å². The molecule has 1 heterocycles. The molecule has 1 aromatic carbocycles. The number of rotatable bonds is 5. The van der Waals surface area contributed by atoms with Crippen LogP contribution < -0.4 is 16.0 Å². The summed E-state index contributed by atoms with van der Waals surface area (Å²) in [6, 6.07) is 6.09. The number of hydrazine groups is 1. The zero-order chi connectivity index (χ0) is 13.8. The third-order valence-corrected chi connectivity index (χ3v) is 4.52. The Morgan fingerprint density at radius 3 is 2.95 bits per heavy atom. The number of nitrogens with two attached hydrogens (primary N) is 1. The van der Waals surface area contributed by atoms with E-state index in [9.17, 15) is 0 Å². The summed E-state index contributed by atoms with van der Waals surface area (Å²) in [7, 11) is 1.67. The molecule has 3 unspecified atom stereocenters. The summed E-state index contributed by atoms with van der Waals surface area (Å²) in [5.74, 6) is 7.10. The highest BCUT2D eigenvalue weighted by molar-refractivity contribution is 9.10. The SMILES string of the molecule is COc1ccc(Br)c(CC(NN)C2OCCC2C)c1. The average Bonchev–Trinajstić information content (AvgIpc) is 2.84. The summed E-state index contributed by atoms with van der Waals surface area (Å²) in [6.07, 6.45) is 2.08. The molecule has 4 nitrogen and oxygen atoms in total. The highest BCUT2D eigenvalue weighted by Crippen LogP contribution is 2.28. The minimum absolute atomic E-state index is 0.112. The molecule has 1 aliphatic heterocycles. The van der Waals surface area contributed by atoms with Crippen molar-refractivity contribution in [3.05, 3.63) is 28.2 Å². The molecular formula is C14H21BrN2O2. The van der Waals surface area contributed by atoms with Crippen molar-refractivity contribution in [2.24, 2.45) is 11.8 Å². The van der Waals surface area contributed by atoms with Gasteiger partial charge in [0.25, 0.3) is 0 Å². The molecule has 0 amide bonds. The molecule has 19 heavy (non-hydrogen) atoms. The average molecular weight is 329 g/mol. The van der Waals surface area contributed by atoms with E-state index < -0.39 is 0 Å². The highest BCUT2D eigenvalue weighted by atomic mass is 79.9. The molecule has 0 saturated carbocycles. The molecule has 0 aromatic heterocycles. The summed E-state index contributed by atoms with van der Waals surface area (Å²) in [6.45, 7) is 3.03. The van der Waals surface area contributed by atoms with Crippen molar-refractivity contribution in [3.63, 3.8) is 0 Å². The van der Waals surface area contributed by atoms with Crippen LogP contribution in [0.15, 0.2) is 22.7 Å². The van der Waals surface area contributed by atoms with Gasteiger partial charge < -0.3 is 9.47 Å². The number of methoxy groups -OCH3 is 1. The standard InChI is InChI=1S/C14H21BrN2O2/c1-9-5-6-19-14(9)13(17-16)8-10-7-11(18-2)3-4-12(10)15/h3-4,7,9,13-14,17H,5-6,8,16H2,1-2H3. The Labute approximate surface area is 122 Å². The number of nitrogens with one attached hydrogen (secondary N) is 1. The Kier molecular flexibility index (Phi) is 5.21. The molecule has 5 heteroatoms. The Balaban J connectivity index is 2.13. The highest BCUT2D eigenvalue weighted by Gasteiger charge is 2.31. The lowest BCUT2D eigenvalue weighted by Gasteiger charge is -2.26. The molecular weight excluding hydrogens is 308 g/mol. The van der Waals surface area contributed by atoms with E-state index in [1.165, 1.54) is 5.56 Å². The largest absolute Gasteiger partial charge is 0.497 e. The lowest BCUT2D eigenvalue weighted by molar-refractivity contribution is 0.0610. The topological polar surface area (TPSA) is 56.5 Å². The maximum absolute atomic E-state index is 5.80. The quantitative estimate of drug-likeness (QED) is 0.643. The Morgan fingerprint density at radius 1 is 1.58 bits per heavy atom. The summed E-state index contributed by atoms with van der Waals surface area (Å²) < 4.78 is 12.1. The van der Waals surface area contributed by atoms with Gasteiger partial charge in [0.05, 0.1) is 19.3 Å². The fourth-order valence-electron chi connectivity index (χ4n) is 2.57. The first-order valence-corrected chi connectivity index (χ1v) is 7.35. The van der Waals surface area contributed by atoms with Crippen LogP contribution in [0, 0.1) is 5.92 Å². The molecule has 106 valence electrons. The van der Waals surface area contributed by atoms with Gasteiger partial charge >= 0.3 is 0 Å². The summed E-state index contributed by atoms with van der Waals surface area (Å²) in [5.41, 5.74) is 4.07. The van der Waals surface area contributed by atoms with Gasteiger partial charge in [0.2, 0.25) is 0 Å². The Hall–Kier alpha value is -0.620. The molecule has 1 aromatic rings. The predicted molar refractivity (Wildman–Crippen MR) is 79.0 cm³/mol. The van der Waals surface area contributed by atoms with Crippen LogP contribution in [0.3, 0.4) is 0 Å². The van der Waals surface area contributed by atoms with Gasteiger partial charge in [-0.3, -0.25) is 11.3 Å². The Morgan fingerprint density at radius 2 is 2.37 bits per heavy atom. The zero-order valence-electron chi connectivity index (χ0n) is 11.4. The molecule has 3 atom stereocenters. The maximum Gasteiger partial charge on any atom is 0.119 e. The van der Waals surface area contributed by atoms with Gasteiger partial charge in [-0.15, -0.1) is 0 Å². The van der Waals surface area contributed by atoms with Crippen molar-refractivity contribution in [2.75, 3.05) is 13.7 Å². The third kappa shape index (κ3) is 3.48. The number of hydrogen-bond acceptors (Lipinski definition) is 4. The number of benzene rings is 1. The van der Waals surface area contributed by atoms with Crippen LogP contribution in [-0.4, -0.2) is 25.9 Å². The van der Waals surface area contributed by atoms with Crippen LogP contribution in [-0.2, 0) is 11.2 Å². The minimum atomic E-state index is 0.112. The monoisotopic (exact) mass is 328 g/mol. The lowest BCUT2D eigenvalue weighted by Crippen LogP contribution is -2.47. The molecule has 0 bridgehead atoms. The fraction of sp³-hybridized carbons (Fsp3) is 0.571. The fourth-order valence-corrected chi connectivity index (χ4v) is 2.98. The predicted octanol–water partition coefficient (Wildman–Crippen LogP) is 2.26. The van der Waals surface area contributed by atoms with Crippen molar-refractivity contribution in [3.8, 4) is 5.75 Å². The van der Waals surface area contributed by atoms with Gasteiger partial charge in [-0.05, 0) is 42.5 Å². The van der Waals surface area contributed by atoms with Gasteiger partial charge in [0, 0.05) is 11.1 Å². The van der Waals surface area contributed by atoms with Gasteiger partial charge in [-0.25, -0.2) is 0 Å². The summed E-state index contributed by atoms with van der Waals surface area (Å²) >= 11 is 3.58. The van der Waals surface area contributed by atoms with Crippen LogP contribution in [0.4, 0.5) is 0 Å². The van der Waals surface area contributed by atoms with Crippen LogP contribution in [0.1, 0.15) is 18.9 Å². The number of halogens is 1. The van der Waals surface area contributed by atoms with E-state index in [2.05, 4.69) is 28.3 Å². The first-order chi connectivity index (χ1) is 9.15. The molecule has 0 aliphatic carbocycles. The first kappa shape index (κ1) is 14.8. The molecule has 1 saturated heterocycles. The molecule has 0 radical (unpaired) electrons. The number of ether oxygens (including phenoxy) is 2. The van der Waals surface area contributed by atoms with E-state index in [-0.39, 0.29) is 12.1 Å². The van der Waals surface area contributed by atoms with Gasteiger partial charge in [0.15, 0.2) is 0 Å². The lowest BCUT2D eigenvalue weighted by atomic mass is 9.93. The van der Waals surface area contributed by atoms with Crippen LogP contribution in [0.2, 0.25) is 0 Å². The normalized spacial score (nSPS) is 24.4. The summed E-state index contributed by atoms with van der Waals surface area (Å²) in [5, 5.41) is 0. The van der Waals surface area contributed by atoms with Crippen molar-refractivity contribution in [1.29, 1.82) is 0 Å². The molecule has 1 fully saturated rings. The smallest absolute Gasteiger partial charge is 0.119 e. The van der Waals surface area contributed by atoms with Gasteiger partial charge in [0.1, 0.15) is 5.75 Å². The maximum atomic E-state index is 5.80. The van der Waals surface area contributed by atoms with E-state index in [0.29, 0.717) is 5.92 Å². The molecule has 3 N–H and O–H groups in total. The van der Waals surface area contributed by atoms with Gasteiger partial charge in [-0.1, -0.05) is 22.9 Å². The van der Waals surface area contributed by atoms with Crippen LogP contribution >= 0.6 is 15.9 Å². The third-order valence-electron chi connectivity index (χ3n) is 3.75. The van der Waals surface area contributed by atoms with Crippen molar-refractivity contribution in [2.45, 2.75) is 31.9 Å². The second kappa shape index (κ2) is 6.70. The Bertz CT molecular complexity index is 428. The van der Waals surface area contributed by atoms with E-state index in [1.54, 1.807) is 7.11 Å². The minimum Gasteiger partial charge on any atom is -0.497 e. The van der Waals surface area contributed by atoms with Crippen molar-refractivity contribution in [1.82, 2.24) is 5.43 Å². The van der Waals surface area contributed by atoms with E-state index in [1.807, 2.05) is 18.2 Å². The number of hydrogen-bond donors (Lipinski definition) is 2. The second-order valence-corrected chi connectivity index (χ2v) is 5.89. The van der Waals surface area contributed by atoms with E-state index in [0.717, 1.165) is 29.7 Å².